The Morgan fingerprint density at radius 2 is 1.67 bits per heavy atom. The molecule has 2 aromatic heterocycles. The fourth-order valence-electron chi connectivity index (χ4n) is 6.89. The van der Waals surface area contributed by atoms with Gasteiger partial charge in [-0.05, 0) is 56.9 Å². The minimum atomic E-state index is -2.50. The van der Waals surface area contributed by atoms with Gasteiger partial charge in [0.15, 0.2) is 5.82 Å². The zero-order valence-electron chi connectivity index (χ0n) is 18.6. The lowest BCUT2D eigenvalue weighted by Gasteiger charge is -2.63. The van der Waals surface area contributed by atoms with Crippen LogP contribution in [0, 0.1) is 16.7 Å². The molecule has 10 heteroatoms. The van der Waals surface area contributed by atoms with Gasteiger partial charge in [0.25, 0.3) is 6.43 Å². The number of urea groups is 1. The van der Waals surface area contributed by atoms with Crippen molar-refractivity contribution in [2.24, 2.45) is 16.7 Å². The number of hydrogen-bond acceptors (Lipinski definition) is 4. The topological polar surface area (TPSA) is 93.8 Å². The van der Waals surface area contributed by atoms with Gasteiger partial charge in [0.05, 0.1) is 5.69 Å². The fraction of sp³-hybridized carbons (Fsp3) is 0.739. The van der Waals surface area contributed by atoms with Gasteiger partial charge in [-0.25, -0.2) is 18.6 Å². The van der Waals surface area contributed by atoms with Crippen LogP contribution in [0.1, 0.15) is 79.8 Å². The molecule has 2 saturated heterocycles. The van der Waals surface area contributed by atoms with Crippen molar-refractivity contribution in [2.75, 3.05) is 26.2 Å². The van der Waals surface area contributed by atoms with Gasteiger partial charge in [0.2, 0.25) is 0 Å². The Balaban J connectivity index is 0.845. The predicted molar refractivity (Wildman–Crippen MR) is 114 cm³/mol. The number of H-pyrrole nitrogens is 2. The van der Waals surface area contributed by atoms with Crippen LogP contribution in [-0.2, 0) is 6.42 Å². The highest BCUT2D eigenvalue weighted by atomic mass is 19.3. The van der Waals surface area contributed by atoms with Crippen molar-refractivity contribution >= 4 is 6.03 Å². The van der Waals surface area contributed by atoms with E-state index in [2.05, 4.69) is 20.4 Å². The van der Waals surface area contributed by atoms with Gasteiger partial charge in [0.1, 0.15) is 11.5 Å². The minimum Gasteiger partial charge on any atom is -0.323 e. The quantitative estimate of drug-likeness (QED) is 0.718. The summed E-state index contributed by atoms with van der Waals surface area (Å²) in [4.78, 5) is 21.6. The average Bonchev–Trinajstić information content (AvgIpc) is 3.20. The molecule has 5 fully saturated rings. The first-order valence-electron chi connectivity index (χ1n) is 12.2. The molecule has 3 aliphatic carbocycles. The minimum absolute atomic E-state index is 0.103. The summed E-state index contributed by atoms with van der Waals surface area (Å²) in [7, 11) is 0. The number of likely N-dealkylation sites (tertiary alicyclic amines) is 2. The number of hydrogen-bond donors (Lipinski definition) is 2. The smallest absolute Gasteiger partial charge is 0.320 e. The molecule has 3 saturated carbocycles. The first-order chi connectivity index (χ1) is 15.9. The molecule has 8 nitrogen and oxygen atoms in total. The number of aromatic amines is 2. The summed E-state index contributed by atoms with van der Waals surface area (Å²) in [5.74, 6) is 3.55. The van der Waals surface area contributed by atoms with E-state index in [-0.39, 0.29) is 22.6 Å². The molecule has 2 spiro atoms. The van der Waals surface area contributed by atoms with Crippen LogP contribution >= 0.6 is 0 Å². The standard InChI is InChI=1S/C23H29F2N7O/c24-18(25)17-4-16(27-28-17)3-13-5-22(6-13)9-31(10-22)21(33)32-11-23(12-32)7-15(8-23)20-26-19(29-30-20)14-1-2-14/h4,13-15,18H,1-3,5-12H2,(H,27,28)(H,26,29,30). The summed E-state index contributed by atoms with van der Waals surface area (Å²) in [5.41, 5.74) is 1.15. The number of aromatic nitrogens is 5. The second-order valence-corrected chi connectivity index (χ2v) is 11.5. The maximum Gasteiger partial charge on any atom is 0.320 e. The molecule has 0 unspecified atom stereocenters. The van der Waals surface area contributed by atoms with E-state index in [0.29, 0.717) is 17.8 Å². The fourth-order valence-corrected chi connectivity index (χ4v) is 6.89. The molecule has 176 valence electrons. The molecule has 2 aliphatic heterocycles. The summed E-state index contributed by atoms with van der Waals surface area (Å²) >= 11 is 0. The van der Waals surface area contributed by atoms with Crippen molar-refractivity contribution < 1.29 is 13.6 Å². The van der Waals surface area contributed by atoms with Gasteiger partial charge in [0, 0.05) is 48.8 Å². The summed E-state index contributed by atoms with van der Waals surface area (Å²) in [6, 6.07) is 1.66. The van der Waals surface area contributed by atoms with Crippen LogP contribution in [0.5, 0.6) is 0 Å². The number of nitrogens with zero attached hydrogens (tertiary/aromatic N) is 5. The van der Waals surface area contributed by atoms with Gasteiger partial charge in [-0.3, -0.25) is 10.2 Å². The number of halogens is 2. The third-order valence-corrected chi connectivity index (χ3v) is 8.68. The maximum atomic E-state index is 12.9. The number of carbonyl (C=O) groups is 1. The second kappa shape index (κ2) is 6.76. The van der Waals surface area contributed by atoms with E-state index in [0.717, 1.165) is 75.6 Å². The van der Waals surface area contributed by atoms with Gasteiger partial charge >= 0.3 is 6.03 Å². The van der Waals surface area contributed by atoms with Crippen molar-refractivity contribution in [3.05, 3.63) is 29.1 Å². The highest BCUT2D eigenvalue weighted by Gasteiger charge is 2.58. The number of alkyl halides is 2. The first kappa shape index (κ1) is 19.9. The molecule has 0 aromatic carbocycles. The van der Waals surface area contributed by atoms with E-state index < -0.39 is 6.43 Å². The lowest BCUT2D eigenvalue weighted by molar-refractivity contribution is -0.100. The van der Waals surface area contributed by atoms with Crippen LogP contribution in [-0.4, -0.2) is 67.4 Å². The zero-order chi connectivity index (χ0) is 22.4. The molecular weight excluding hydrogens is 428 g/mol. The third-order valence-electron chi connectivity index (χ3n) is 8.68. The van der Waals surface area contributed by atoms with Crippen molar-refractivity contribution in [3.63, 3.8) is 0 Å². The van der Waals surface area contributed by atoms with Crippen molar-refractivity contribution in [1.82, 2.24) is 35.2 Å². The highest BCUT2D eigenvalue weighted by Crippen LogP contribution is 2.57. The molecule has 2 aromatic rings. The van der Waals surface area contributed by atoms with Gasteiger partial charge in [-0.15, -0.1) is 0 Å². The lowest BCUT2D eigenvalue weighted by atomic mass is 9.56. The van der Waals surface area contributed by atoms with Crippen LogP contribution in [0.25, 0.3) is 0 Å². The first-order valence-corrected chi connectivity index (χ1v) is 12.2. The Morgan fingerprint density at radius 3 is 2.27 bits per heavy atom. The van der Waals surface area contributed by atoms with Crippen molar-refractivity contribution in [1.29, 1.82) is 0 Å². The molecule has 2 amide bonds. The predicted octanol–water partition coefficient (Wildman–Crippen LogP) is 3.60. The van der Waals surface area contributed by atoms with E-state index >= 15 is 0 Å². The Labute approximate surface area is 190 Å². The number of rotatable bonds is 5. The van der Waals surface area contributed by atoms with Crippen LogP contribution in [0.2, 0.25) is 0 Å². The van der Waals surface area contributed by atoms with E-state index in [4.69, 9.17) is 4.98 Å². The van der Waals surface area contributed by atoms with E-state index in [1.54, 1.807) is 0 Å². The molecule has 5 aliphatic rings. The molecule has 0 radical (unpaired) electrons. The van der Waals surface area contributed by atoms with Gasteiger partial charge in [-0.2, -0.15) is 10.2 Å². The maximum absolute atomic E-state index is 12.9. The van der Waals surface area contributed by atoms with Crippen LogP contribution in [0.3, 0.4) is 0 Å². The number of amides is 2. The van der Waals surface area contributed by atoms with Crippen molar-refractivity contribution in [2.45, 2.75) is 63.2 Å². The molecular formula is C23H29F2N7O. The Kier molecular flexibility index (Phi) is 4.08. The Morgan fingerprint density at radius 1 is 1.00 bits per heavy atom. The van der Waals surface area contributed by atoms with Gasteiger partial charge < -0.3 is 9.80 Å². The van der Waals surface area contributed by atoms with E-state index in [9.17, 15) is 13.6 Å². The average molecular weight is 458 g/mol. The van der Waals surface area contributed by atoms with Crippen molar-refractivity contribution in [3.8, 4) is 0 Å². The summed E-state index contributed by atoms with van der Waals surface area (Å²) in [6.07, 6.45) is 4.98. The van der Waals surface area contributed by atoms with Gasteiger partial charge in [-0.1, -0.05) is 0 Å². The number of carbonyl (C=O) groups excluding carboxylic acids is 1. The Bertz CT molecular complexity index is 1060. The molecule has 7 rings (SSSR count). The molecule has 0 bridgehead atoms. The van der Waals surface area contributed by atoms with E-state index in [1.807, 2.05) is 9.80 Å². The van der Waals surface area contributed by atoms with Crippen LogP contribution in [0.4, 0.5) is 13.6 Å². The second-order valence-electron chi connectivity index (χ2n) is 11.5. The van der Waals surface area contributed by atoms with Crippen LogP contribution in [0.15, 0.2) is 6.07 Å². The largest absolute Gasteiger partial charge is 0.323 e. The molecule has 0 atom stereocenters. The van der Waals surface area contributed by atoms with Crippen LogP contribution < -0.4 is 0 Å². The summed E-state index contributed by atoms with van der Waals surface area (Å²) < 4.78 is 25.4. The highest BCUT2D eigenvalue weighted by molar-refractivity contribution is 5.77. The molecule has 4 heterocycles. The zero-order valence-corrected chi connectivity index (χ0v) is 18.6. The number of nitrogens with one attached hydrogen (secondary N) is 2. The van der Waals surface area contributed by atoms with E-state index in [1.165, 1.54) is 18.9 Å². The molecule has 2 N–H and O–H groups in total. The Hall–Kier alpha value is -2.52. The monoisotopic (exact) mass is 457 g/mol. The SMILES string of the molecule is O=C(N1CC2(CC(Cc3cc(C(F)F)[nH]n3)C2)C1)N1CC2(CC(c3nc(C4CC4)n[nH]3)C2)C1. The molecule has 33 heavy (non-hydrogen) atoms. The summed E-state index contributed by atoms with van der Waals surface area (Å²) in [5, 5.41) is 14.0. The third kappa shape index (κ3) is 3.27. The normalized spacial score (nSPS) is 25.8. The summed E-state index contributed by atoms with van der Waals surface area (Å²) in [6.45, 7) is 3.39. The lowest BCUT2D eigenvalue weighted by Crippen LogP contribution is -2.70.